The smallest absolute Gasteiger partial charge is 0.444 e. The van der Waals surface area contributed by atoms with E-state index >= 15 is 0 Å². The van der Waals surface area contributed by atoms with Crippen molar-refractivity contribution in [3.63, 3.8) is 0 Å². The molecule has 2 atom stereocenters. The van der Waals surface area contributed by atoms with E-state index in [0.29, 0.717) is 39.1 Å². The summed E-state index contributed by atoms with van der Waals surface area (Å²) in [5.74, 6) is -0.00649. The quantitative estimate of drug-likeness (QED) is 0.327. The van der Waals surface area contributed by atoms with Gasteiger partial charge in [-0.15, -0.1) is 13.2 Å². The van der Waals surface area contributed by atoms with Crippen LogP contribution >= 0.6 is 0 Å². The number of nitrogens with zero attached hydrogens (tertiary/aromatic N) is 3. The molecule has 0 radical (unpaired) electrons. The zero-order valence-corrected chi connectivity index (χ0v) is 25.4. The van der Waals surface area contributed by atoms with Gasteiger partial charge in [-0.3, -0.25) is 9.69 Å². The number of carbonyl (C=O) groups excluding carboxylic acids is 2. The first kappa shape index (κ1) is 32.4. The molecule has 43 heavy (non-hydrogen) atoms. The first-order chi connectivity index (χ1) is 20.2. The van der Waals surface area contributed by atoms with Gasteiger partial charge in [-0.25, -0.2) is 4.79 Å². The van der Waals surface area contributed by atoms with Crippen LogP contribution in [0.1, 0.15) is 64.1 Å². The highest BCUT2D eigenvalue weighted by atomic mass is 19.4. The molecule has 234 valence electrons. The average molecular weight is 602 g/mol. The number of halogens is 3. The number of alkyl halides is 3. The third-order valence-corrected chi connectivity index (χ3v) is 7.94. The SMILES string of the molecule is C=C(C)[C@H]1CN(C(c2ccccc2)c2ccc(OC(F)(F)F)cc2)CCN1C(=O)CC1CCN(C(=O)OC(C)(C)C)CC1. The van der Waals surface area contributed by atoms with Gasteiger partial charge in [0.1, 0.15) is 11.4 Å². The van der Waals surface area contributed by atoms with Gasteiger partial charge in [0.2, 0.25) is 5.91 Å². The van der Waals surface area contributed by atoms with Gasteiger partial charge in [-0.2, -0.15) is 0 Å². The van der Waals surface area contributed by atoms with Crippen molar-refractivity contribution in [2.75, 3.05) is 32.7 Å². The lowest BCUT2D eigenvalue weighted by Crippen LogP contribution is -2.56. The van der Waals surface area contributed by atoms with E-state index < -0.39 is 12.0 Å². The van der Waals surface area contributed by atoms with Crippen LogP contribution in [-0.4, -0.2) is 77.4 Å². The Balaban J connectivity index is 1.43. The Kier molecular flexibility index (Phi) is 10.1. The van der Waals surface area contributed by atoms with Gasteiger partial charge in [0, 0.05) is 39.1 Å². The third-order valence-electron chi connectivity index (χ3n) is 7.94. The van der Waals surface area contributed by atoms with Crippen molar-refractivity contribution >= 4 is 12.0 Å². The fourth-order valence-corrected chi connectivity index (χ4v) is 5.87. The second kappa shape index (κ2) is 13.4. The highest BCUT2D eigenvalue weighted by Gasteiger charge is 2.37. The number of carbonyl (C=O) groups is 2. The molecule has 2 fully saturated rings. The molecular weight excluding hydrogens is 559 g/mol. The topological polar surface area (TPSA) is 62.3 Å². The van der Waals surface area contributed by atoms with Gasteiger partial charge in [-0.1, -0.05) is 54.6 Å². The first-order valence-corrected chi connectivity index (χ1v) is 14.8. The standard InChI is InChI=1S/C33H42F3N3O4/c1-23(2)28-22-38(30(25-9-7-6-8-10-25)26-11-13-27(14-12-26)42-33(34,35)36)19-20-39(28)29(40)21-24-15-17-37(18-16-24)31(41)43-32(3,4)5/h6-14,24,28,30H,1,15-22H2,2-5H3/t28-,30?/m1/s1. The minimum absolute atomic E-state index is 0.0771. The van der Waals surface area contributed by atoms with E-state index in [9.17, 15) is 22.8 Å². The van der Waals surface area contributed by atoms with Crippen molar-refractivity contribution in [2.45, 2.75) is 71.0 Å². The van der Waals surface area contributed by atoms with E-state index in [-0.39, 0.29) is 35.8 Å². The van der Waals surface area contributed by atoms with Gasteiger partial charge in [0.15, 0.2) is 0 Å². The van der Waals surface area contributed by atoms with Crippen LogP contribution in [0, 0.1) is 5.92 Å². The van der Waals surface area contributed by atoms with E-state index in [1.54, 1.807) is 17.0 Å². The van der Waals surface area contributed by atoms with Crippen LogP contribution in [0.25, 0.3) is 0 Å². The first-order valence-electron chi connectivity index (χ1n) is 14.8. The van der Waals surface area contributed by atoms with Crippen LogP contribution in [0.2, 0.25) is 0 Å². The molecule has 2 saturated heterocycles. The lowest BCUT2D eigenvalue weighted by molar-refractivity contribution is -0.274. The number of amides is 2. The number of rotatable bonds is 7. The van der Waals surface area contributed by atoms with Crippen LogP contribution in [-0.2, 0) is 9.53 Å². The van der Waals surface area contributed by atoms with Crippen molar-refractivity contribution < 1.29 is 32.2 Å². The Morgan fingerprint density at radius 1 is 0.930 bits per heavy atom. The van der Waals surface area contributed by atoms with Crippen LogP contribution in [0.3, 0.4) is 0 Å². The minimum atomic E-state index is -4.76. The summed E-state index contributed by atoms with van der Waals surface area (Å²) in [4.78, 5) is 31.9. The Morgan fingerprint density at radius 3 is 2.09 bits per heavy atom. The summed E-state index contributed by atoms with van der Waals surface area (Å²) in [5.41, 5.74) is 2.16. The largest absolute Gasteiger partial charge is 0.573 e. The molecule has 0 aromatic heterocycles. The zero-order chi connectivity index (χ0) is 31.4. The molecular formula is C33H42F3N3O4. The highest BCUT2D eigenvalue weighted by Crippen LogP contribution is 2.34. The summed E-state index contributed by atoms with van der Waals surface area (Å²) >= 11 is 0. The van der Waals surface area contributed by atoms with Crippen molar-refractivity contribution in [1.29, 1.82) is 0 Å². The molecule has 7 nitrogen and oxygen atoms in total. The lowest BCUT2D eigenvalue weighted by Gasteiger charge is -2.45. The Morgan fingerprint density at radius 2 is 1.53 bits per heavy atom. The van der Waals surface area contributed by atoms with Crippen molar-refractivity contribution in [3.8, 4) is 5.75 Å². The van der Waals surface area contributed by atoms with E-state index in [1.807, 2.05) is 62.9 Å². The molecule has 1 unspecified atom stereocenters. The molecule has 10 heteroatoms. The molecule has 2 heterocycles. The maximum atomic E-state index is 13.6. The van der Waals surface area contributed by atoms with Crippen LogP contribution in [0.15, 0.2) is 66.7 Å². The van der Waals surface area contributed by atoms with Gasteiger partial charge >= 0.3 is 12.5 Å². The zero-order valence-electron chi connectivity index (χ0n) is 25.4. The highest BCUT2D eigenvalue weighted by molar-refractivity contribution is 5.77. The number of likely N-dealkylation sites (tertiary alicyclic amines) is 1. The molecule has 2 amide bonds. The molecule has 2 aliphatic heterocycles. The summed E-state index contributed by atoms with van der Waals surface area (Å²) in [6, 6.07) is 15.4. The maximum absolute atomic E-state index is 13.6. The van der Waals surface area contributed by atoms with Crippen LogP contribution < -0.4 is 4.74 Å². The Labute approximate surface area is 252 Å². The van der Waals surface area contributed by atoms with Gasteiger partial charge in [0.05, 0.1) is 12.1 Å². The number of piperidine rings is 1. The molecule has 4 rings (SSSR count). The summed E-state index contributed by atoms with van der Waals surface area (Å²) in [6.07, 6.45) is -3.17. The molecule has 2 aromatic rings. The third kappa shape index (κ3) is 8.98. The van der Waals surface area contributed by atoms with Gasteiger partial charge < -0.3 is 19.3 Å². The predicted molar refractivity (Wildman–Crippen MR) is 158 cm³/mol. The van der Waals surface area contributed by atoms with Crippen molar-refractivity contribution in [1.82, 2.24) is 14.7 Å². The maximum Gasteiger partial charge on any atom is 0.573 e. The summed E-state index contributed by atoms with van der Waals surface area (Å²) in [5, 5.41) is 0. The molecule has 0 N–H and O–H groups in total. The number of benzene rings is 2. The van der Waals surface area contributed by atoms with Crippen molar-refractivity contribution in [3.05, 3.63) is 77.9 Å². The van der Waals surface area contributed by atoms with E-state index in [1.165, 1.54) is 12.1 Å². The average Bonchev–Trinajstić information content (AvgIpc) is 2.93. The van der Waals surface area contributed by atoms with Gasteiger partial charge in [-0.05, 0) is 69.7 Å². The van der Waals surface area contributed by atoms with E-state index in [0.717, 1.165) is 29.5 Å². The second-order valence-corrected chi connectivity index (χ2v) is 12.5. The number of piperazine rings is 1. The van der Waals surface area contributed by atoms with Gasteiger partial charge in [0.25, 0.3) is 0 Å². The number of ether oxygens (including phenoxy) is 2. The second-order valence-electron chi connectivity index (χ2n) is 12.5. The molecule has 0 bridgehead atoms. The minimum Gasteiger partial charge on any atom is -0.444 e. The fourth-order valence-electron chi connectivity index (χ4n) is 5.87. The normalized spacial score (nSPS) is 19.6. The monoisotopic (exact) mass is 601 g/mol. The molecule has 2 aromatic carbocycles. The summed E-state index contributed by atoms with van der Waals surface area (Å²) < 4.78 is 47.8. The molecule has 0 saturated carbocycles. The Bertz CT molecular complexity index is 1250. The lowest BCUT2D eigenvalue weighted by atomic mass is 9.91. The summed E-state index contributed by atoms with van der Waals surface area (Å²) in [6.45, 7) is 14.4. The molecule has 0 spiro atoms. The molecule has 0 aliphatic carbocycles. The predicted octanol–water partition coefficient (Wildman–Crippen LogP) is 6.80. The fraction of sp³-hybridized carbons (Fsp3) is 0.515. The van der Waals surface area contributed by atoms with Crippen LogP contribution in [0.4, 0.5) is 18.0 Å². The van der Waals surface area contributed by atoms with Crippen LogP contribution in [0.5, 0.6) is 5.75 Å². The Hall–Kier alpha value is -3.53. The van der Waals surface area contributed by atoms with Crippen molar-refractivity contribution in [2.24, 2.45) is 5.92 Å². The number of hydrogen-bond acceptors (Lipinski definition) is 5. The van der Waals surface area contributed by atoms with E-state index in [2.05, 4.69) is 16.2 Å². The summed E-state index contributed by atoms with van der Waals surface area (Å²) in [7, 11) is 0. The molecule has 2 aliphatic rings. The number of hydrogen-bond donors (Lipinski definition) is 0. The van der Waals surface area contributed by atoms with E-state index in [4.69, 9.17) is 4.74 Å².